The van der Waals surface area contributed by atoms with Gasteiger partial charge in [0.1, 0.15) is 0 Å². The fraction of sp³-hybridized carbons (Fsp3) is 0.333. The first-order valence-corrected chi connectivity index (χ1v) is 3.40. The van der Waals surface area contributed by atoms with Gasteiger partial charge >= 0.3 is 0 Å². The van der Waals surface area contributed by atoms with Crippen LogP contribution < -0.4 is 0 Å². The van der Waals surface area contributed by atoms with Gasteiger partial charge in [0.15, 0.2) is 0 Å². The average Bonchev–Trinajstić information content (AvgIpc) is 1.64. The number of hydrogen-bond donors (Lipinski definition) is 1. The predicted molar refractivity (Wildman–Crippen MR) is 40.5 cm³/mol. The quantitative estimate of drug-likeness (QED) is 0.499. The first-order chi connectivity index (χ1) is 3.79. The van der Waals surface area contributed by atoms with Crippen LogP contribution in [0.15, 0.2) is 23.3 Å². The largest absolute Gasteiger partial charge is 0.171 e. The molecule has 1 aliphatic carbocycles. The van der Waals surface area contributed by atoms with E-state index in [2.05, 4.69) is 12.6 Å². The molecule has 0 nitrogen and oxygen atoms in total. The molecule has 0 fully saturated rings. The topological polar surface area (TPSA) is 0 Å². The fourth-order valence-electron chi connectivity index (χ4n) is 0.627. The van der Waals surface area contributed by atoms with E-state index in [4.69, 9.17) is 11.6 Å². The highest BCUT2D eigenvalue weighted by molar-refractivity contribution is 7.81. The molecule has 2 heteroatoms. The molecule has 0 bridgehead atoms. The second-order valence-electron chi connectivity index (χ2n) is 1.76. The van der Waals surface area contributed by atoms with E-state index in [1.165, 1.54) is 0 Å². The summed E-state index contributed by atoms with van der Waals surface area (Å²) in [5, 5.41) is 1.13. The van der Waals surface area contributed by atoms with Gasteiger partial charge in [-0.1, -0.05) is 23.8 Å². The minimum absolute atomic E-state index is 0.326. The first kappa shape index (κ1) is 6.24. The van der Waals surface area contributed by atoms with Crippen LogP contribution in [0.5, 0.6) is 0 Å². The van der Waals surface area contributed by atoms with Gasteiger partial charge in [0.05, 0.1) is 0 Å². The lowest BCUT2D eigenvalue weighted by Gasteiger charge is -2.05. The molecule has 0 heterocycles. The molecule has 0 amide bonds. The summed E-state index contributed by atoms with van der Waals surface area (Å²) >= 11 is 9.85. The lowest BCUT2D eigenvalue weighted by Crippen LogP contribution is -1.94. The zero-order valence-electron chi connectivity index (χ0n) is 4.34. The van der Waals surface area contributed by atoms with Gasteiger partial charge in [0, 0.05) is 10.3 Å². The zero-order chi connectivity index (χ0) is 5.98. The summed E-state index contributed by atoms with van der Waals surface area (Å²) < 4.78 is 0. The number of rotatable bonds is 0. The molecule has 1 rings (SSSR count). The average molecular weight is 147 g/mol. The predicted octanol–water partition coefficient (Wildman–Crippen LogP) is 2.37. The van der Waals surface area contributed by atoms with Crippen molar-refractivity contribution >= 4 is 24.2 Å². The molecule has 1 unspecified atom stereocenters. The number of allylic oxidation sites excluding steroid dienone is 3. The van der Waals surface area contributed by atoms with E-state index < -0.39 is 0 Å². The molecule has 0 aliphatic heterocycles. The maximum Gasteiger partial charge on any atom is 0.0374 e. The molecular weight excluding hydrogens is 140 g/mol. The van der Waals surface area contributed by atoms with Crippen LogP contribution in [0.25, 0.3) is 0 Å². The Hall–Kier alpha value is 0.120. The molecule has 0 aromatic carbocycles. The number of halogens is 1. The van der Waals surface area contributed by atoms with E-state index in [0.29, 0.717) is 5.25 Å². The highest BCUT2D eigenvalue weighted by atomic mass is 35.5. The Balaban J connectivity index is 2.63. The Morgan fingerprint density at radius 3 is 2.88 bits per heavy atom. The van der Waals surface area contributed by atoms with Crippen LogP contribution in [0.4, 0.5) is 0 Å². The maximum absolute atomic E-state index is 5.64. The van der Waals surface area contributed by atoms with Crippen molar-refractivity contribution in [1.29, 1.82) is 0 Å². The Morgan fingerprint density at radius 1 is 1.75 bits per heavy atom. The van der Waals surface area contributed by atoms with Crippen LogP contribution in [0, 0.1) is 0 Å². The Kier molecular flexibility index (Phi) is 2.03. The lowest BCUT2D eigenvalue weighted by molar-refractivity contribution is 1.06. The van der Waals surface area contributed by atoms with Crippen molar-refractivity contribution < 1.29 is 0 Å². The van der Waals surface area contributed by atoms with Crippen molar-refractivity contribution in [2.75, 3.05) is 0 Å². The maximum atomic E-state index is 5.64. The van der Waals surface area contributed by atoms with E-state index in [9.17, 15) is 0 Å². The molecule has 0 aromatic heterocycles. The number of thiol groups is 1. The zero-order valence-corrected chi connectivity index (χ0v) is 5.99. The number of hydrogen-bond acceptors (Lipinski definition) is 1. The summed E-state index contributed by atoms with van der Waals surface area (Å²) in [6.07, 6.45) is 6.86. The Labute approximate surface area is 59.6 Å². The van der Waals surface area contributed by atoms with Crippen LogP contribution in [-0.4, -0.2) is 5.25 Å². The second kappa shape index (κ2) is 2.60. The molecule has 0 radical (unpaired) electrons. The summed E-state index contributed by atoms with van der Waals surface area (Å²) in [6.45, 7) is 0. The third kappa shape index (κ3) is 1.57. The summed E-state index contributed by atoms with van der Waals surface area (Å²) in [5.41, 5.74) is 0. The Morgan fingerprint density at radius 2 is 2.50 bits per heavy atom. The summed E-state index contributed by atoms with van der Waals surface area (Å²) in [6, 6.07) is 0. The molecule has 1 aliphatic rings. The Bertz CT molecular complexity index is 137. The van der Waals surface area contributed by atoms with Crippen molar-refractivity contribution in [3.63, 3.8) is 0 Å². The molecule has 8 heavy (non-hydrogen) atoms. The van der Waals surface area contributed by atoms with Crippen molar-refractivity contribution in [2.24, 2.45) is 0 Å². The summed E-state index contributed by atoms with van der Waals surface area (Å²) in [4.78, 5) is 0. The standard InChI is InChI=1S/C6H7ClS/c7-5-2-1-3-6(8)4-5/h1-2,4,6,8H,3H2. The third-order valence-electron chi connectivity index (χ3n) is 1.01. The van der Waals surface area contributed by atoms with Crippen molar-refractivity contribution in [1.82, 2.24) is 0 Å². The van der Waals surface area contributed by atoms with Gasteiger partial charge in [-0.05, 0) is 12.5 Å². The van der Waals surface area contributed by atoms with Crippen molar-refractivity contribution in [3.8, 4) is 0 Å². The van der Waals surface area contributed by atoms with Gasteiger partial charge in [-0.2, -0.15) is 12.6 Å². The van der Waals surface area contributed by atoms with Crippen molar-refractivity contribution in [3.05, 3.63) is 23.3 Å². The molecule has 44 valence electrons. The SMILES string of the molecule is SC1C=C(Cl)C=CC1. The minimum Gasteiger partial charge on any atom is -0.171 e. The van der Waals surface area contributed by atoms with Gasteiger partial charge in [0.25, 0.3) is 0 Å². The van der Waals surface area contributed by atoms with Gasteiger partial charge < -0.3 is 0 Å². The van der Waals surface area contributed by atoms with Gasteiger partial charge in [-0.25, -0.2) is 0 Å². The van der Waals surface area contributed by atoms with E-state index in [0.717, 1.165) is 11.5 Å². The van der Waals surface area contributed by atoms with E-state index in [1.807, 2.05) is 18.2 Å². The van der Waals surface area contributed by atoms with E-state index >= 15 is 0 Å². The molecule has 0 saturated carbocycles. The highest BCUT2D eigenvalue weighted by Crippen LogP contribution is 2.16. The van der Waals surface area contributed by atoms with Crippen LogP contribution in [-0.2, 0) is 0 Å². The fourth-order valence-corrected chi connectivity index (χ4v) is 1.24. The molecule has 0 aromatic rings. The molecule has 1 atom stereocenters. The second-order valence-corrected chi connectivity index (χ2v) is 2.86. The minimum atomic E-state index is 0.326. The van der Waals surface area contributed by atoms with E-state index in [1.54, 1.807) is 0 Å². The molecular formula is C6H7ClS. The molecule has 0 spiro atoms. The third-order valence-corrected chi connectivity index (χ3v) is 1.62. The monoisotopic (exact) mass is 146 g/mol. The van der Waals surface area contributed by atoms with Crippen LogP contribution >= 0.6 is 24.2 Å². The lowest BCUT2D eigenvalue weighted by atomic mass is 10.2. The highest BCUT2D eigenvalue weighted by Gasteiger charge is 2.00. The van der Waals surface area contributed by atoms with Gasteiger partial charge in [-0.15, -0.1) is 0 Å². The van der Waals surface area contributed by atoms with Crippen LogP contribution in [0.2, 0.25) is 0 Å². The van der Waals surface area contributed by atoms with Gasteiger partial charge in [0.2, 0.25) is 0 Å². The van der Waals surface area contributed by atoms with Gasteiger partial charge in [-0.3, -0.25) is 0 Å². The smallest absolute Gasteiger partial charge is 0.0374 e. The van der Waals surface area contributed by atoms with Crippen LogP contribution in [0.1, 0.15) is 6.42 Å². The van der Waals surface area contributed by atoms with Crippen molar-refractivity contribution in [2.45, 2.75) is 11.7 Å². The van der Waals surface area contributed by atoms with Crippen LogP contribution in [0.3, 0.4) is 0 Å². The summed E-state index contributed by atoms with van der Waals surface area (Å²) in [5.74, 6) is 0. The van der Waals surface area contributed by atoms with E-state index in [-0.39, 0.29) is 0 Å². The molecule has 0 N–H and O–H groups in total. The first-order valence-electron chi connectivity index (χ1n) is 2.51. The summed E-state index contributed by atoms with van der Waals surface area (Å²) in [7, 11) is 0. The normalized spacial score (nSPS) is 27.8. The molecule has 0 saturated heterocycles.